The molecule has 4 nitrogen and oxygen atoms in total. The number of hydrogen-bond donors (Lipinski definition) is 0. The molecule has 0 N–H and O–H groups in total. The van der Waals surface area contributed by atoms with Crippen LogP contribution in [0.3, 0.4) is 0 Å². The highest BCUT2D eigenvalue weighted by atomic mass is 16.7. The third kappa shape index (κ3) is 12.2. The molecule has 0 saturated carbocycles. The number of esters is 1. The summed E-state index contributed by atoms with van der Waals surface area (Å²) in [6, 6.07) is 0. The molecule has 0 amide bonds. The number of rotatable bonds is 13. The lowest BCUT2D eigenvalue weighted by molar-refractivity contribution is -0.159. The number of methoxy groups -OCH3 is 2. The van der Waals surface area contributed by atoms with Crippen molar-refractivity contribution < 1.29 is 19.0 Å². The third-order valence-electron chi connectivity index (χ3n) is 3.12. The first-order valence-electron chi connectivity index (χ1n) is 7.45. The molecule has 0 aliphatic carbocycles. The number of ether oxygens (including phenoxy) is 3. The number of unbranched alkanes of at least 4 members (excludes halogenated alkanes) is 7. The van der Waals surface area contributed by atoms with Crippen molar-refractivity contribution in [1.82, 2.24) is 0 Å². The van der Waals surface area contributed by atoms with Gasteiger partial charge >= 0.3 is 5.97 Å². The molecule has 0 radical (unpaired) electrons. The van der Waals surface area contributed by atoms with Crippen molar-refractivity contribution in [3.05, 3.63) is 0 Å². The largest absolute Gasteiger partial charge is 0.466 e. The molecule has 114 valence electrons. The maximum atomic E-state index is 11.4. The molecule has 0 atom stereocenters. The molecule has 0 saturated heterocycles. The van der Waals surface area contributed by atoms with Gasteiger partial charge in [0.15, 0.2) is 6.29 Å². The van der Waals surface area contributed by atoms with E-state index in [1.807, 2.05) is 0 Å². The molecular weight excluding hydrogens is 244 g/mol. The first-order valence-corrected chi connectivity index (χ1v) is 7.45. The normalized spacial score (nSPS) is 10.9. The molecule has 0 rings (SSSR count). The molecule has 0 fully saturated rings. The lowest BCUT2D eigenvalue weighted by Crippen LogP contribution is -2.20. The lowest BCUT2D eigenvalue weighted by Gasteiger charge is -2.12. The summed E-state index contributed by atoms with van der Waals surface area (Å²) in [5.41, 5.74) is 0. The minimum Gasteiger partial charge on any atom is -0.466 e. The van der Waals surface area contributed by atoms with E-state index >= 15 is 0 Å². The second-order valence-corrected chi connectivity index (χ2v) is 4.80. The van der Waals surface area contributed by atoms with E-state index in [1.54, 1.807) is 0 Å². The maximum Gasteiger partial charge on any atom is 0.310 e. The summed E-state index contributed by atoms with van der Waals surface area (Å²) in [6.07, 6.45) is 9.59. The molecule has 0 heterocycles. The molecule has 0 unspecified atom stereocenters. The van der Waals surface area contributed by atoms with E-state index in [-0.39, 0.29) is 12.4 Å². The minimum absolute atomic E-state index is 0.157. The molecule has 0 bridgehead atoms. The third-order valence-corrected chi connectivity index (χ3v) is 3.12. The summed E-state index contributed by atoms with van der Waals surface area (Å²) in [4.78, 5) is 11.4. The Bertz CT molecular complexity index is 202. The second kappa shape index (κ2) is 13.8. The fourth-order valence-corrected chi connectivity index (χ4v) is 1.88. The molecule has 0 aromatic heterocycles. The smallest absolute Gasteiger partial charge is 0.310 e. The predicted molar refractivity (Wildman–Crippen MR) is 76.0 cm³/mol. The summed E-state index contributed by atoms with van der Waals surface area (Å²) >= 11 is 0. The van der Waals surface area contributed by atoms with Gasteiger partial charge in [-0.2, -0.15) is 0 Å². The highest BCUT2D eigenvalue weighted by Crippen LogP contribution is 2.08. The van der Waals surface area contributed by atoms with Crippen molar-refractivity contribution in [3.8, 4) is 0 Å². The quantitative estimate of drug-likeness (QED) is 0.292. The van der Waals surface area contributed by atoms with Gasteiger partial charge in [0, 0.05) is 14.2 Å². The predicted octanol–water partition coefficient (Wildman–Crippen LogP) is 3.68. The van der Waals surface area contributed by atoms with Crippen LogP contribution in [0.4, 0.5) is 0 Å². The van der Waals surface area contributed by atoms with Gasteiger partial charge in [-0.1, -0.05) is 51.9 Å². The van der Waals surface area contributed by atoms with E-state index in [4.69, 9.17) is 14.2 Å². The first kappa shape index (κ1) is 18.4. The summed E-state index contributed by atoms with van der Waals surface area (Å²) in [6.45, 7) is 2.74. The average Bonchev–Trinajstić information content (AvgIpc) is 2.43. The second-order valence-electron chi connectivity index (χ2n) is 4.80. The van der Waals surface area contributed by atoms with Crippen LogP contribution in [0.25, 0.3) is 0 Å². The van der Waals surface area contributed by atoms with E-state index in [0.717, 1.165) is 12.8 Å². The zero-order valence-electron chi connectivity index (χ0n) is 12.8. The SMILES string of the molecule is CCCCCCCCCCOC(=O)CC(OC)OC. The zero-order chi connectivity index (χ0) is 14.3. The fourth-order valence-electron chi connectivity index (χ4n) is 1.88. The number of hydrogen-bond acceptors (Lipinski definition) is 4. The van der Waals surface area contributed by atoms with Gasteiger partial charge < -0.3 is 14.2 Å². The number of carbonyl (C=O) groups excluding carboxylic acids is 1. The monoisotopic (exact) mass is 274 g/mol. The Morgan fingerprint density at radius 2 is 1.42 bits per heavy atom. The topological polar surface area (TPSA) is 44.8 Å². The standard InChI is InChI=1S/C15H30O4/c1-4-5-6-7-8-9-10-11-12-19-14(16)13-15(17-2)18-3/h15H,4-13H2,1-3H3. The Labute approximate surface area is 117 Å². The van der Waals surface area contributed by atoms with Crippen molar-refractivity contribution in [2.75, 3.05) is 20.8 Å². The zero-order valence-corrected chi connectivity index (χ0v) is 12.8. The van der Waals surface area contributed by atoms with Gasteiger partial charge in [0.05, 0.1) is 13.0 Å². The van der Waals surface area contributed by atoms with Gasteiger partial charge in [-0.15, -0.1) is 0 Å². The van der Waals surface area contributed by atoms with E-state index in [0.29, 0.717) is 6.61 Å². The Morgan fingerprint density at radius 1 is 0.895 bits per heavy atom. The van der Waals surface area contributed by atoms with E-state index in [9.17, 15) is 4.79 Å². The Kier molecular flexibility index (Phi) is 13.4. The van der Waals surface area contributed by atoms with Gasteiger partial charge in [0.1, 0.15) is 0 Å². The molecule has 0 spiro atoms. The van der Waals surface area contributed by atoms with Gasteiger partial charge in [-0.05, 0) is 6.42 Å². The molecule has 0 aliphatic heterocycles. The van der Waals surface area contributed by atoms with Crippen LogP contribution in [0, 0.1) is 0 Å². The van der Waals surface area contributed by atoms with Crippen molar-refractivity contribution >= 4 is 5.97 Å². The van der Waals surface area contributed by atoms with Crippen LogP contribution < -0.4 is 0 Å². The van der Waals surface area contributed by atoms with Crippen LogP contribution in [0.5, 0.6) is 0 Å². The molecule has 19 heavy (non-hydrogen) atoms. The van der Waals surface area contributed by atoms with Gasteiger partial charge in [-0.25, -0.2) is 0 Å². The highest BCUT2D eigenvalue weighted by molar-refractivity contribution is 5.69. The van der Waals surface area contributed by atoms with E-state index in [1.165, 1.54) is 52.7 Å². The number of carbonyl (C=O) groups is 1. The summed E-state index contributed by atoms with van der Waals surface area (Å²) in [7, 11) is 3.03. The summed E-state index contributed by atoms with van der Waals surface area (Å²) < 4.78 is 15.0. The summed E-state index contributed by atoms with van der Waals surface area (Å²) in [5, 5.41) is 0. The van der Waals surface area contributed by atoms with Crippen LogP contribution in [-0.4, -0.2) is 33.1 Å². The minimum atomic E-state index is -0.494. The first-order chi connectivity index (χ1) is 9.24. The molecule has 4 heteroatoms. The maximum absolute atomic E-state index is 11.4. The van der Waals surface area contributed by atoms with E-state index < -0.39 is 6.29 Å². The Hall–Kier alpha value is -0.610. The van der Waals surface area contributed by atoms with Crippen LogP contribution in [-0.2, 0) is 19.0 Å². The average molecular weight is 274 g/mol. The van der Waals surface area contributed by atoms with Gasteiger partial charge in [0.25, 0.3) is 0 Å². The molecule has 0 aromatic rings. The van der Waals surface area contributed by atoms with Gasteiger partial charge in [-0.3, -0.25) is 4.79 Å². The molecular formula is C15H30O4. The van der Waals surface area contributed by atoms with Crippen molar-refractivity contribution in [2.45, 2.75) is 71.0 Å². The Morgan fingerprint density at radius 3 is 1.95 bits per heavy atom. The fraction of sp³-hybridized carbons (Fsp3) is 0.933. The molecule has 0 aromatic carbocycles. The van der Waals surface area contributed by atoms with Crippen LogP contribution in [0.15, 0.2) is 0 Å². The van der Waals surface area contributed by atoms with Crippen LogP contribution in [0.1, 0.15) is 64.7 Å². The van der Waals surface area contributed by atoms with E-state index in [2.05, 4.69) is 6.92 Å². The van der Waals surface area contributed by atoms with Crippen LogP contribution >= 0.6 is 0 Å². The van der Waals surface area contributed by atoms with Crippen LogP contribution in [0.2, 0.25) is 0 Å². The van der Waals surface area contributed by atoms with Crippen molar-refractivity contribution in [3.63, 3.8) is 0 Å². The van der Waals surface area contributed by atoms with Gasteiger partial charge in [0.2, 0.25) is 0 Å². The highest BCUT2D eigenvalue weighted by Gasteiger charge is 2.12. The van der Waals surface area contributed by atoms with Crippen molar-refractivity contribution in [1.29, 1.82) is 0 Å². The Balaban J connectivity index is 3.27. The van der Waals surface area contributed by atoms with Crippen molar-refractivity contribution in [2.24, 2.45) is 0 Å². The molecule has 0 aliphatic rings. The summed E-state index contributed by atoms with van der Waals surface area (Å²) in [5.74, 6) is -0.253. The lowest BCUT2D eigenvalue weighted by atomic mass is 10.1.